The molecule has 162 valence electrons. The highest BCUT2D eigenvalue weighted by Crippen LogP contribution is 2.27. The van der Waals surface area contributed by atoms with E-state index in [1.54, 1.807) is 14.2 Å². The third-order valence-corrected chi connectivity index (χ3v) is 4.47. The van der Waals surface area contributed by atoms with Crippen molar-refractivity contribution in [2.75, 3.05) is 40.5 Å². The van der Waals surface area contributed by atoms with Crippen LogP contribution in [0.3, 0.4) is 0 Å². The number of hydrogen-bond acceptors (Lipinski definition) is 5. The fourth-order valence-corrected chi connectivity index (χ4v) is 2.84. The zero-order chi connectivity index (χ0) is 21.6. The van der Waals surface area contributed by atoms with Gasteiger partial charge in [0.2, 0.25) is 11.8 Å². The van der Waals surface area contributed by atoms with E-state index >= 15 is 0 Å². The number of hydrogen-bond donors (Lipinski definition) is 2. The first-order valence-electron chi connectivity index (χ1n) is 9.98. The fourth-order valence-electron chi connectivity index (χ4n) is 2.84. The summed E-state index contributed by atoms with van der Waals surface area (Å²) >= 11 is 0. The summed E-state index contributed by atoms with van der Waals surface area (Å²) in [7, 11) is 3.18. The van der Waals surface area contributed by atoms with E-state index in [9.17, 15) is 9.59 Å². The summed E-state index contributed by atoms with van der Waals surface area (Å²) in [4.78, 5) is 23.6. The molecule has 0 saturated carbocycles. The standard InChI is InChI=1S/C23H30N2O5/c1-28-20-9-8-19(16-21(20)29-2)11-14-25-23(27)17-30-15-12-22(26)24-13-10-18-6-4-3-5-7-18/h3-9,16H,10-15,17H2,1-2H3,(H,24,26)(H,25,27). The third kappa shape index (κ3) is 8.53. The van der Waals surface area contributed by atoms with Crippen molar-refractivity contribution < 1.29 is 23.8 Å². The monoisotopic (exact) mass is 414 g/mol. The molecule has 2 N–H and O–H groups in total. The first kappa shape index (κ1) is 23.2. The van der Waals surface area contributed by atoms with Gasteiger partial charge in [-0.3, -0.25) is 9.59 Å². The minimum atomic E-state index is -0.208. The smallest absolute Gasteiger partial charge is 0.246 e. The summed E-state index contributed by atoms with van der Waals surface area (Å²) in [5.74, 6) is 1.04. The largest absolute Gasteiger partial charge is 0.493 e. The van der Waals surface area contributed by atoms with Gasteiger partial charge in [0.25, 0.3) is 0 Å². The number of carbonyl (C=O) groups is 2. The van der Waals surface area contributed by atoms with Crippen LogP contribution in [0.25, 0.3) is 0 Å². The Morgan fingerprint density at radius 2 is 1.47 bits per heavy atom. The lowest BCUT2D eigenvalue weighted by Crippen LogP contribution is -2.30. The van der Waals surface area contributed by atoms with Gasteiger partial charge in [-0.05, 0) is 36.1 Å². The quantitative estimate of drug-likeness (QED) is 0.491. The van der Waals surface area contributed by atoms with Crippen LogP contribution in [-0.2, 0) is 27.2 Å². The van der Waals surface area contributed by atoms with E-state index < -0.39 is 0 Å². The van der Waals surface area contributed by atoms with Crippen molar-refractivity contribution in [3.05, 3.63) is 59.7 Å². The minimum Gasteiger partial charge on any atom is -0.493 e. The number of methoxy groups -OCH3 is 2. The lowest BCUT2D eigenvalue weighted by Gasteiger charge is -2.10. The molecule has 0 atom stereocenters. The number of carbonyl (C=O) groups excluding carboxylic acids is 2. The van der Waals surface area contributed by atoms with Crippen LogP contribution < -0.4 is 20.1 Å². The molecular weight excluding hydrogens is 384 g/mol. The fraction of sp³-hybridized carbons (Fsp3) is 0.391. The van der Waals surface area contributed by atoms with Crippen molar-refractivity contribution in [2.24, 2.45) is 0 Å². The Kier molecular flexibility index (Phi) is 10.2. The summed E-state index contributed by atoms with van der Waals surface area (Å²) in [6.07, 6.45) is 1.68. The summed E-state index contributed by atoms with van der Waals surface area (Å²) in [5.41, 5.74) is 2.21. The van der Waals surface area contributed by atoms with Crippen molar-refractivity contribution >= 4 is 11.8 Å². The van der Waals surface area contributed by atoms with E-state index in [2.05, 4.69) is 10.6 Å². The topological polar surface area (TPSA) is 85.9 Å². The number of rotatable bonds is 13. The van der Waals surface area contributed by atoms with Crippen LogP contribution in [0.4, 0.5) is 0 Å². The second-order valence-corrected chi connectivity index (χ2v) is 6.68. The lowest BCUT2D eigenvalue weighted by atomic mass is 10.1. The van der Waals surface area contributed by atoms with Crippen LogP contribution in [0, 0.1) is 0 Å². The van der Waals surface area contributed by atoms with Gasteiger partial charge in [-0.25, -0.2) is 0 Å². The molecular formula is C23H30N2O5. The molecule has 0 bridgehead atoms. The average molecular weight is 415 g/mol. The Morgan fingerprint density at radius 3 is 2.17 bits per heavy atom. The van der Waals surface area contributed by atoms with Crippen LogP contribution in [0.5, 0.6) is 11.5 Å². The number of ether oxygens (including phenoxy) is 3. The van der Waals surface area contributed by atoms with Gasteiger partial charge in [-0.2, -0.15) is 0 Å². The molecule has 2 amide bonds. The van der Waals surface area contributed by atoms with Gasteiger partial charge in [-0.15, -0.1) is 0 Å². The normalized spacial score (nSPS) is 10.3. The molecule has 0 aliphatic carbocycles. The molecule has 0 heterocycles. The van der Waals surface area contributed by atoms with Crippen LogP contribution in [-0.4, -0.2) is 52.3 Å². The molecule has 0 radical (unpaired) electrons. The molecule has 0 aliphatic heterocycles. The van der Waals surface area contributed by atoms with Gasteiger partial charge in [-0.1, -0.05) is 36.4 Å². The first-order valence-corrected chi connectivity index (χ1v) is 9.98. The Morgan fingerprint density at radius 1 is 0.800 bits per heavy atom. The highest BCUT2D eigenvalue weighted by Gasteiger charge is 2.06. The van der Waals surface area contributed by atoms with Gasteiger partial charge in [0.05, 0.1) is 20.8 Å². The van der Waals surface area contributed by atoms with Crippen LogP contribution in [0.2, 0.25) is 0 Å². The van der Waals surface area contributed by atoms with Crippen LogP contribution in [0.1, 0.15) is 17.5 Å². The van der Waals surface area contributed by atoms with Crippen molar-refractivity contribution in [1.82, 2.24) is 10.6 Å². The molecule has 0 spiro atoms. The van der Waals surface area contributed by atoms with E-state index in [1.807, 2.05) is 48.5 Å². The molecule has 7 heteroatoms. The van der Waals surface area contributed by atoms with E-state index in [0.29, 0.717) is 31.0 Å². The number of amides is 2. The van der Waals surface area contributed by atoms with Gasteiger partial charge in [0.1, 0.15) is 6.61 Å². The van der Waals surface area contributed by atoms with E-state index in [4.69, 9.17) is 14.2 Å². The lowest BCUT2D eigenvalue weighted by molar-refractivity contribution is -0.128. The third-order valence-electron chi connectivity index (χ3n) is 4.47. The number of nitrogens with one attached hydrogen (secondary N) is 2. The van der Waals surface area contributed by atoms with Gasteiger partial charge < -0.3 is 24.8 Å². The maximum Gasteiger partial charge on any atom is 0.246 e. The molecule has 2 aromatic rings. The summed E-state index contributed by atoms with van der Waals surface area (Å²) < 4.78 is 15.8. The average Bonchev–Trinajstić information content (AvgIpc) is 2.77. The Hall–Kier alpha value is -3.06. The summed E-state index contributed by atoms with van der Waals surface area (Å²) in [6.45, 7) is 1.21. The maximum absolute atomic E-state index is 11.8. The molecule has 2 aromatic carbocycles. The van der Waals surface area contributed by atoms with Gasteiger partial charge >= 0.3 is 0 Å². The summed E-state index contributed by atoms with van der Waals surface area (Å²) in [5, 5.41) is 5.65. The van der Waals surface area contributed by atoms with Crippen molar-refractivity contribution in [3.8, 4) is 11.5 Å². The van der Waals surface area contributed by atoms with Gasteiger partial charge in [0, 0.05) is 19.5 Å². The minimum absolute atomic E-state index is 0.0662. The van der Waals surface area contributed by atoms with E-state index in [0.717, 1.165) is 12.0 Å². The highest BCUT2D eigenvalue weighted by molar-refractivity contribution is 5.77. The molecule has 2 rings (SSSR count). The zero-order valence-corrected chi connectivity index (χ0v) is 17.6. The Labute approximate surface area is 177 Å². The SMILES string of the molecule is COc1ccc(CCNC(=O)COCCC(=O)NCCc2ccccc2)cc1OC. The van der Waals surface area contributed by atoms with Crippen molar-refractivity contribution in [1.29, 1.82) is 0 Å². The molecule has 0 unspecified atom stereocenters. The maximum atomic E-state index is 11.8. The zero-order valence-electron chi connectivity index (χ0n) is 17.6. The van der Waals surface area contributed by atoms with Crippen molar-refractivity contribution in [3.63, 3.8) is 0 Å². The highest BCUT2D eigenvalue weighted by atomic mass is 16.5. The van der Waals surface area contributed by atoms with E-state index in [-0.39, 0.29) is 31.4 Å². The summed E-state index contributed by atoms with van der Waals surface area (Å²) in [6, 6.07) is 15.6. The molecule has 7 nitrogen and oxygen atoms in total. The second-order valence-electron chi connectivity index (χ2n) is 6.68. The molecule has 30 heavy (non-hydrogen) atoms. The second kappa shape index (κ2) is 13.2. The predicted molar refractivity (Wildman–Crippen MR) is 115 cm³/mol. The molecule has 0 fully saturated rings. The van der Waals surface area contributed by atoms with Crippen molar-refractivity contribution in [2.45, 2.75) is 19.3 Å². The van der Waals surface area contributed by atoms with Crippen LogP contribution in [0.15, 0.2) is 48.5 Å². The molecule has 0 aromatic heterocycles. The predicted octanol–water partition coefficient (Wildman–Crippen LogP) is 2.13. The molecule has 0 aliphatic rings. The number of benzene rings is 2. The Balaban J connectivity index is 1.53. The first-order chi connectivity index (χ1) is 14.6. The van der Waals surface area contributed by atoms with E-state index in [1.165, 1.54) is 5.56 Å². The van der Waals surface area contributed by atoms with Crippen LogP contribution >= 0.6 is 0 Å². The molecule has 0 saturated heterocycles. The van der Waals surface area contributed by atoms with Gasteiger partial charge in [0.15, 0.2) is 11.5 Å². The Bertz CT molecular complexity index is 795.